The Balaban J connectivity index is 1.39. The maximum Gasteiger partial charge on any atom is 0.275 e. The molecule has 2 heterocycles. The number of nitrogens with two attached hydrogens (primary N) is 1. The van der Waals surface area contributed by atoms with Crippen LogP contribution >= 0.6 is 11.3 Å². The standard InChI is InChI=1S/C23H24N2O3S/c1-15-5-7-17(8-6-15)23(21-4-3-11-29-21)24-13-22(26)25-16(2)18-9-10-19-20(12-18)28-14-27-19/h3-12,16,23-24H,13-14H2,1-2H3,(H,25,26)/p+1/t16-,23+/m1/s1. The molecule has 0 bridgehead atoms. The molecule has 1 aromatic heterocycles. The molecule has 0 saturated heterocycles. The lowest BCUT2D eigenvalue weighted by Crippen LogP contribution is -2.87. The van der Waals surface area contributed by atoms with Gasteiger partial charge in [-0.15, -0.1) is 11.3 Å². The summed E-state index contributed by atoms with van der Waals surface area (Å²) in [5.74, 6) is 1.48. The van der Waals surface area contributed by atoms with E-state index in [9.17, 15) is 4.79 Å². The molecule has 1 aliphatic rings. The van der Waals surface area contributed by atoms with Crippen molar-refractivity contribution < 1.29 is 19.6 Å². The largest absolute Gasteiger partial charge is 0.454 e. The Morgan fingerprint density at radius 1 is 1.10 bits per heavy atom. The molecule has 29 heavy (non-hydrogen) atoms. The molecule has 1 aliphatic heterocycles. The molecule has 0 fully saturated rings. The van der Waals surface area contributed by atoms with Gasteiger partial charge in [0, 0.05) is 5.56 Å². The van der Waals surface area contributed by atoms with E-state index in [1.165, 1.54) is 16.0 Å². The number of hydrogen-bond donors (Lipinski definition) is 2. The number of thiophene rings is 1. The normalized spacial score (nSPS) is 14.4. The van der Waals surface area contributed by atoms with Crippen LogP contribution in [0, 0.1) is 6.92 Å². The number of rotatable bonds is 7. The second-order valence-corrected chi connectivity index (χ2v) is 8.22. The zero-order valence-corrected chi connectivity index (χ0v) is 17.4. The predicted octanol–water partition coefficient (Wildman–Crippen LogP) is 3.32. The Bertz CT molecular complexity index is 970. The van der Waals surface area contributed by atoms with Gasteiger partial charge in [-0.05, 0) is 43.0 Å². The Morgan fingerprint density at radius 3 is 2.62 bits per heavy atom. The number of fused-ring (bicyclic) bond motifs is 1. The van der Waals surface area contributed by atoms with Crippen LogP contribution in [-0.2, 0) is 4.79 Å². The van der Waals surface area contributed by atoms with Gasteiger partial charge in [-0.1, -0.05) is 42.0 Å². The van der Waals surface area contributed by atoms with Gasteiger partial charge >= 0.3 is 0 Å². The number of carbonyl (C=O) groups excluding carboxylic acids is 1. The molecule has 6 heteroatoms. The van der Waals surface area contributed by atoms with Crippen molar-refractivity contribution in [3.05, 3.63) is 81.5 Å². The van der Waals surface area contributed by atoms with Crippen LogP contribution in [0.1, 0.15) is 40.6 Å². The van der Waals surface area contributed by atoms with E-state index in [-0.39, 0.29) is 24.8 Å². The van der Waals surface area contributed by atoms with Gasteiger partial charge in [0.2, 0.25) is 6.79 Å². The van der Waals surface area contributed by atoms with Gasteiger partial charge in [0.15, 0.2) is 18.0 Å². The van der Waals surface area contributed by atoms with Crippen molar-refractivity contribution in [2.45, 2.75) is 25.9 Å². The zero-order valence-electron chi connectivity index (χ0n) is 16.6. The van der Waals surface area contributed by atoms with E-state index >= 15 is 0 Å². The highest BCUT2D eigenvalue weighted by molar-refractivity contribution is 7.10. The lowest BCUT2D eigenvalue weighted by atomic mass is 10.0. The van der Waals surface area contributed by atoms with E-state index in [1.807, 2.05) is 25.1 Å². The molecule has 4 rings (SSSR count). The molecule has 1 amide bonds. The molecule has 0 unspecified atom stereocenters. The maximum atomic E-state index is 12.6. The van der Waals surface area contributed by atoms with Crippen LogP contribution in [0.4, 0.5) is 0 Å². The zero-order chi connectivity index (χ0) is 20.2. The predicted molar refractivity (Wildman–Crippen MR) is 113 cm³/mol. The molecular weight excluding hydrogens is 384 g/mol. The average Bonchev–Trinajstić information content (AvgIpc) is 3.40. The highest BCUT2D eigenvalue weighted by atomic mass is 32.1. The molecular formula is C23H25N2O3S+. The average molecular weight is 410 g/mol. The minimum Gasteiger partial charge on any atom is -0.454 e. The van der Waals surface area contributed by atoms with Gasteiger partial charge in [0.05, 0.1) is 10.9 Å². The summed E-state index contributed by atoms with van der Waals surface area (Å²) >= 11 is 1.72. The van der Waals surface area contributed by atoms with Crippen LogP contribution in [0.25, 0.3) is 0 Å². The fourth-order valence-corrected chi connectivity index (χ4v) is 4.30. The number of hydrogen-bond acceptors (Lipinski definition) is 4. The van der Waals surface area contributed by atoms with Gasteiger partial charge in [-0.2, -0.15) is 0 Å². The lowest BCUT2D eigenvalue weighted by Gasteiger charge is -2.17. The first-order valence-electron chi connectivity index (χ1n) is 9.72. The Kier molecular flexibility index (Phi) is 5.83. The van der Waals surface area contributed by atoms with Crippen LogP contribution in [0.5, 0.6) is 11.5 Å². The molecule has 5 nitrogen and oxygen atoms in total. The minimum atomic E-state index is -0.107. The molecule has 3 aromatic rings. The molecule has 150 valence electrons. The summed E-state index contributed by atoms with van der Waals surface area (Å²) in [5.41, 5.74) is 3.43. The van der Waals surface area contributed by atoms with Gasteiger partial charge in [-0.25, -0.2) is 0 Å². The van der Waals surface area contributed by atoms with E-state index < -0.39 is 0 Å². The number of nitrogens with one attached hydrogen (secondary N) is 1. The van der Waals surface area contributed by atoms with Crippen molar-refractivity contribution in [3.8, 4) is 11.5 Å². The molecule has 2 atom stereocenters. The van der Waals surface area contributed by atoms with E-state index in [0.29, 0.717) is 6.54 Å². The molecule has 0 saturated carbocycles. The van der Waals surface area contributed by atoms with Crippen molar-refractivity contribution in [3.63, 3.8) is 0 Å². The van der Waals surface area contributed by atoms with Gasteiger partial charge in [0.1, 0.15) is 6.04 Å². The third-order valence-corrected chi connectivity index (χ3v) is 6.05. The molecule has 0 spiro atoms. The van der Waals surface area contributed by atoms with Crippen LogP contribution in [0.3, 0.4) is 0 Å². The molecule has 3 N–H and O–H groups in total. The second kappa shape index (κ2) is 8.68. The van der Waals surface area contributed by atoms with Crippen LogP contribution in [-0.4, -0.2) is 19.2 Å². The van der Waals surface area contributed by atoms with Crippen molar-refractivity contribution >= 4 is 17.2 Å². The summed E-state index contributed by atoms with van der Waals surface area (Å²) in [4.78, 5) is 13.9. The SMILES string of the molecule is Cc1ccc([C@H]([NH2+]CC(=O)N[C@H](C)c2ccc3c(c2)OCO3)c2cccs2)cc1. The first kappa shape index (κ1) is 19.5. The van der Waals surface area contributed by atoms with Crippen LogP contribution in [0.2, 0.25) is 0 Å². The number of quaternary nitrogens is 1. The highest BCUT2D eigenvalue weighted by Crippen LogP contribution is 2.34. The van der Waals surface area contributed by atoms with Crippen molar-refractivity contribution in [2.24, 2.45) is 0 Å². The fourth-order valence-electron chi connectivity index (χ4n) is 3.45. The summed E-state index contributed by atoms with van der Waals surface area (Å²) < 4.78 is 10.8. The third kappa shape index (κ3) is 4.60. The van der Waals surface area contributed by atoms with E-state index in [4.69, 9.17) is 9.47 Å². The first-order valence-corrected chi connectivity index (χ1v) is 10.6. The quantitative estimate of drug-likeness (QED) is 0.629. The van der Waals surface area contributed by atoms with Crippen molar-refractivity contribution in [1.82, 2.24) is 5.32 Å². The maximum absolute atomic E-state index is 12.6. The summed E-state index contributed by atoms with van der Waals surface area (Å²) in [6.45, 7) is 4.66. The number of benzene rings is 2. The van der Waals surface area contributed by atoms with E-state index in [0.717, 1.165) is 17.1 Å². The highest BCUT2D eigenvalue weighted by Gasteiger charge is 2.21. The van der Waals surface area contributed by atoms with Gasteiger partial charge in [0.25, 0.3) is 5.91 Å². The smallest absolute Gasteiger partial charge is 0.275 e. The minimum absolute atomic E-state index is 0.00355. The number of amides is 1. The van der Waals surface area contributed by atoms with E-state index in [2.05, 4.69) is 59.3 Å². The summed E-state index contributed by atoms with van der Waals surface area (Å²) in [5, 5.41) is 7.26. The Morgan fingerprint density at radius 2 is 1.86 bits per heavy atom. The van der Waals surface area contributed by atoms with Gasteiger partial charge in [-0.3, -0.25) is 4.79 Å². The number of carbonyl (C=O) groups is 1. The summed E-state index contributed by atoms with van der Waals surface area (Å²) in [6, 6.07) is 18.5. The van der Waals surface area contributed by atoms with Crippen molar-refractivity contribution in [1.29, 1.82) is 0 Å². The third-order valence-electron chi connectivity index (χ3n) is 5.10. The van der Waals surface area contributed by atoms with E-state index in [1.54, 1.807) is 11.3 Å². The summed E-state index contributed by atoms with van der Waals surface area (Å²) in [7, 11) is 0. The summed E-state index contributed by atoms with van der Waals surface area (Å²) in [6.07, 6.45) is 0. The number of ether oxygens (including phenoxy) is 2. The topological polar surface area (TPSA) is 64.2 Å². The lowest BCUT2D eigenvalue weighted by molar-refractivity contribution is -0.676. The van der Waals surface area contributed by atoms with Crippen LogP contribution < -0.4 is 20.1 Å². The molecule has 0 radical (unpaired) electrons. The second-order valence-electron chi connectivity index (χ2n) is 7.25. The monoisotopic (exact) mass is 409 g/mol. The Hall–Kier alpha value is -2.83. The fraction of sp³-hybridized carbons (Fsp3) is 0.261. The molecule has 0 aliphatic carbocycles. The number of aryl methyl sites for hydroxylation is 1. The first-order chi connectivity index (χ1) is 14.1. The van der Waals surface area contributed by atoms with Crippen molar-refractivity contribution in [2.75, 3.05) is 13.3 Å². The Labute approximate surface area is 174 Å². The molecule has 2 aromatic carbocycles. The van der Waals surface area contributed by atoms with Crippen LogP contribution in [0.15, 0.2) is 60.0 Å². The van der Waals surface area contributed by atoms with Gasteiger partial charge < -0.3 is 20.1 Å².